The molecular weight excluding hydrogens is 204 g/mol. The van der Waals surface area contributed by atoms with E-state index in [9.17, 15) is 5.11 Å². The van der Waals surface area contributed by atoms with Gasteiger partial charge in [0, 0.05) is 32.2 Å². The Bertz CT molecular complexity index is 203. The van der Waals surface area contributed by atoms with Crippen molar-refractivity contribution in [2.45, 2.75) is 31.9 Å². The number of β-amino-alcohol motifs (C(OH)–C–C–N with tert-alkyl or cyclic N) is 1. The molecule has 1 N–H and O–H groups in total. The lowest BCUT2D eigenvalue weighted by Gasteiger charge is -2.30. The lowest BCUT2D eigenvalue weighted by Crippen LogP contribution is -2.45. The van der Waals surface area contributed by atoms with E-state index in [1.54, 1.807) is 0 Å². The molecule has 1 aliphatic heterocycles. The Morgan fingerprint density at radius 1 is 1.38 bits per heavy atom. The third kappa shape index (κ3) is 3.70. The molecule has 1 atom stereocenters. The maximum Gasteiger partial charge on any atom is 0.0793 e. The van der Waals surface area contributed by atoms with Crippen molar-refractivity contribution < 1.29 is 9.84 Å². The highest BCUT2D eigenvalue weighted by atomic mass is 16.5. The topological polar surface area (TPSA) is 35.9 Å². The molecule has 0 aromatic rings. The van der Waals surface area contributed by atoms with E-state index >= 15 is 0 Å². The van der Waals surface area contributed by atoms with Crippen LogP contribution in [0.15, 0.2) is 0 Å². The summed E-state index contributed by atoms with van der Waals surface area (Å²) in [6.07, 6.45) is 2.43. The van der Waals surface area contributed by atoms with Crippen LogP contribution in [0.25, 0.3) is 0 Å². The van der Waals surface area contributed by atoms with Crippen LogP contribution < -0.4 is 0 Å². The van der Waals surface area contributed by atoms with Crippen LogP contribution in [0.5, 0.6) is 0 Å². The molecule has 2 rings (SSSR count). The summed E-state index contributed by atoms with van der Waals surface area (Å²) < 4.78 is 5.30. The van der Waals surface area contributed by atoms with Crippen LogP contribution in [0.4, 0.5) is 0 Å². The van der Waals surface area contributed by atoms with Gasteiger partial charge in [0.25, 0.3) is 0 Å². The number of nitrogens with zero attached hydrogens (tertiary/aromatic N) is 2. The molecule has 4 heteroatoms. The second kappa shape index (κ2) is 5.96. The summed E-state index contributed by atoms with van der Waals surface area (Å²) in [6, 6.07) is 0.754. The minimum absolute atomic E-state index is 0.210. The van der Waals surface area contributed by atoms with Gasteiger partial charge in [-0.3, -0.25) is 9.80 Å². The summed E-state index contributed by atoms with van der Waals surface area (Å²) in [5.41, 5.74) is 0. The van der Waals surface area contributed by atoms with Crippen molar-refractivity contribution in [3.05, 3.63) is 0 Å². The molecule has 0 amide bonds. The molecule has 0 aromatic carbocycles. The zero-order valence-electron chi connectivity index (χ0n) is 10.3. The molecule has 4 nitrogen and oxygen atoms in total. The van der Waals surface area contributed by atoms with E-state index in [1.165, 1.54) is 12.8 Å². The fourth-order valence-corrected chi connectivity index (χ4v) is 2.39. The smallest absolute Gasteiger partial charge is 0.0793 e. The van der Waals surface area contributed by atoms with E-state index in [4.69, 9.17) is 4.74 Å². The van der Waals surface area contributed by atoms with Gasteiger partial charge in [-0.05, 0) is 19.4 Å². The zero-order chi connectivity index (χ0) is 11.4. The Hall–Kier alpha value is -0.160. The van der Waals surface area contributed by atoms with E-state index in [-0.39, 0.29) is 6.10 Å². The first kappa shape index (κ1) is 12.3. The predicted molar refractivity (Wildman–Crippen MR) is 63.5 cm³/mol. The summed E-state index contributed by atoms with van der Waals surface area (Å²) >= 11 is 0. The lowest BCUT2D eigenvalue weighted by molar-refractivity contribution is 0.00664. The molecule has 1 unspecified atom stereocenters. The molecule has 1 aliphatic carbocycles. The zero-order valence-corrected chi connectivity index (χ0v) is 10.3. The molecule has 0 radical (unpaired) electrons. The molecule has 94 valence electrons. The standard InChI is InChI=1S/C12H24N2O2/c1-2-14(11-3-4-11)10-12(15)9-13-5-7-16-8-6-13/h11-12,15H,2-10H2,1H3. The van der Waals surface area contributed by atoms with Gasteiger partial charge in [-0.15, -0.1) is 0 Å². The third-order valence-electron chi connectivity index (χ3n) is 3.49. The normalized spacial score (nSPS) is 24.9. The molecule has 1 saturated carbocycles. The minimum Gasteiger partial charge on any atom is -0.390 e. The number of ether oxygens (including phenoxy) is 1. The van der Waals surface area contributed by atoms with Gasteiger partial charge in [0.15, 0.2) is 0 Å². The Labute approximate surface area is 98.2 Å². The van der Waals surface area contributed by atoms with Crippen molar-refractivity contribution in [2.75, 3.05) is 45.9 Å². The maximum atomic E-state index is 10.1. The van der Waals surface area contributed by atoms with Gasteiger partial charge in [-0.1, -0.05) is 6.92 Å². The highest BCUT2D eigenvalue weighted by molar-refractivity contribution is 4.85. The average molecular weight is 228 g/mol. The van der Waals surface area contributed by atoms with Crippen LogP contribution in [-0.2, 0) is 4.74 Å². The first-order chi connectivity index (χ1) is 7.79. The number of likely N-dealkylation sites (N-methyl/N-ethyl adjacent to an activating group) is 1. The molecule has 0 bridgehead atoms. The maximum absolute atomic E-state index is 10.1. The number of aliphatic hydroxyl groups excluding tert-OH is 1. The highest BCUT2D eigenvalue weighted by Crippen LogP contribution is 2.26. The molecule has 1 heterocycles. The first-order valence-corrected chi connectivity index (χ1v) is 6.51. The van der Waals surface area contributed by atoms with Crippen LogP contribution in [0, 0.1) is 0 Å². The van der Waals surface area contributed by atoms with Crippen LogP contribution in [0.2, 0.25) is 0 Å². The van der Waals surface area contributed by atoms with Crippen molar-refractivity contribution >= 4 is 0 Å². The number of morpholine rings is 1. The summed E-state index contributed by atoms with van der Waals surface area (Å²) in [5, 5.41) is 10.1. The predicted octanol–water partition coefficient (Wildman–Crippen LogP) is 0.164. The Morgan fingerprint density at radius 3 is 2.62 bits per heavy atom. The van der Waals surface area contributed by atoms with Crippen LogP contribution in [-0.4, -0.2) is 73.0 Å². The average Bonchev–Trinajstić information content (AvgIpc) is 3.11. The minimum atomic E-state index is -0.210. The SMILES string of the molecule is CCN(CC(O)CN1CCOCC1)C1CC1. The van der Waals surface area contributed by atoms with E-state index in [0.29, 0.717) is 0 Å². The lowest BCUT2D eigenvalue weighted by atomic mass is 10.2. The van der Waals surface area contributed by atoms with Crippen molar-refractivity contribution in [3.63, 3.8) is 0 Å². The third-order valence-corrected chi connectivity index (χ3v) is 3.49. The molecule has 16 heavy (non-hydrogen) atoms. The molecule has 2 aliphatic rings. The van der Waals surface area contributed by atoms with Crippen molar-refractivity contribution in [2.24, 2.45) is 0 Å². The van der Waals surface area contributed by atoms with Gasteiger partial charge in [-0.2, -0.15) is 0 Å². The molecule has 2 fully saturated rings. The highest BCUT2D eigenvalue weighted by Gasteiger charge is 2.29. The van der Waals surface area contributed by atoms with Gasteiger partial charge in [-0.25, -0.2) is 0 Å². The summed E-state index contributed by atoms with van der Waals surface area (Å²) in [6.45, 7) is 8.43. The van der Waals surface area contributed by atoms with Gasteiger partial charge in [0.05, 0.1) is 19.3 Å². The fourth-order valence-electron chi connectivity index (χ4n) is 2.39. The summed E-state index contributed by atoms with van der Waals surface area (Å²) in [7, 11) is 0. The number of hydrogen-bond acceptors (Lipinski definition) is 4. The monoisotopic (exact) mass is 228 g/mol. The van der Waals surface area contributed by atoms with Crippen molar-refractivity contribution in [1.82, 2.24) is 9.80 Å². The Morgan fingerprint density at radius 2 is 2.06 bits per heavy atom. The van der Waals surface area contributed by atoms with Crippen molar-refractivity contribution in [1.29, 1.82) is 0 Å². The molecule has 1 saturated heterocycles. The second-order valence-corrected chi connectivity index (χ2v) is 4.89. The first-order valence-electron chi connectivity index (χ1n) is 6.51. The number of rotatable bonds is 6. The van der Waals surface area contributed by atoms with E-state index in [1.807, 2.05) is 0 Å². The van der Waals surface area contributed by atoms with Gasteiger partial charge < -0.3 is 9.84 Å². The second-order valence-electron chi connectivity index (χ2n) is 4.89. The quantitative estimate of drug-likeness (QED) is 0.703. The largest absolute Gasteiger partial charge is 0.390 e. The van der Waals surface area contributed by atoms with Crippen LogP contribution >= 0.6 is 0 Å². The van der Waals surface area contributed by atoms with Crippen molar-refractivity contribution in [3.8, 4) is 0 Å². The number of hydrogen-bond donors (Lipinski definition) is 1. The van der Waals surface area contributed by atoms with E-state index in [0.717, 1.165) is 52.0 Å². The molecule has 0 aromatic heterocycles. The van der Waals surface area contributed by atoms with Crippen LogP contribution in [0.3, 0.4) is 0 Å². The van der Waals surface area contributed by atoms with Crippen LogP contribution in [0.1, 0.15) is 19.8 Å². The Kier molecular flexibility index (Phi) is 4.58. The van der Waals surface area contributed by atoms with E-state index < -0.39 is 0 Å². The summed E-state index contributed by atoms with van der Waals surface area (Å²) in [4.78, 5) is 4.71. The van der Waals surface area contributed by atoms with Gasteiger partial charge in [0.1, 0.15) is 0 Å². The number of aliphatic hydroxyl groups is 1. The van der Waals surface area contributed by atoms with E-state index in [2.05, 4.69) is 16.7 Å². The summed E-state index contributed by atoms with van der Waals surface area (Å²) in [5.74, 6) is 0. The van der Waals surface area contributed by atoms with Gasteiger partial charge >= 0.3 is 0 Å². The fraction of sp³-hybridized carbons (Fsp3) is 1.00. The Balaban J connectivity index is 1.67. The molecule has 0 spiro atoms. The molecular formula is C12H24N2O2. The van der Waals surface area contributed by atoms with Gasteiger partial charge in [0.2, 0.25) is 0 Å².